The van der Waals surface area contributed by atoms with Gasteiger partial charge in [-0.25, -0.2) is 9.07 Å². The first-order valence-electron chi connectivity index (χ1n) is 13.3. The zero-order valence-electron chi connectivity index (χ0n) is 21.7. The normalized spacial score (nSPS) is 14.5. The van der Waals surface area contributed by atoms with Gasteiger partial charge in [-0.1, -0.05) is 80.7 Å². The first kappa shape index (κ1) is 28.7. The lowest BCUT2D eigenvalue weighted by Gasteiger charge is -2.14. The second-order valence-electron chi connectivity index (χ2n) is 9.53. The monoisotopic (exact) mass is 565 g/mol. The lowest BCUT2D eigenvalue weighted by atomic mass is 10.1. The predicted molar refractivity (Wildman–Crippen MR) is 158 cm³/mol. The lowest BCUT2D eigenvalue weighted by Crippen LogP contribution is -2.29. The molecule has 1 saturated heterocycles. The van der Waals surface area contributed by atoms with Crippen LogP contribution in [0.25, 0.3) is 23.0 Å². The van der Waals surface area contributed by atoms with E-state index in [0.717, 1.165) is 68.2 Å². The zero-order chi connectivity index (χ0) is 27.6. The summed E-state index contributed by atoms with van der Waals surface area (Å²) < 4.78 is 15.9. The number of aromatic nitrogens is 2. The van der Waals surface area contributed by atoms with Crippen LogP contribution in [0.3, 0.4) is 0 Å². The summed E-state index contributed by atoms with van der Waals surface area (Å²) in [7, 11) is 0. The Morgan fingerprint density at radius 3 is 2.26 bits per heavy atom. The Kier molecular flexibility index (Phi) is 10.4. The van der Waals surface area contributed by atoms with Crippen LogP contribution >= 0.6 is 24.0 Å². The highest BCUT2D eigenvalue weighted by Crippen LogP contribution is 2.35. The summed E-state index contributed by atoms with van der Waals surface area (Å²) in [4.78, 5) is 26.0. The van der Waals surface area contributed by atoms with Crippen molar-refractivity contribution in [3.8, 4) is 16.9 Å². The molecule has 0 saturated carbocycles. The number of carbonyl (C=O) groups is 2. The Bertz CT molecular complexity index is 1320. The standard InChI is InChI=1S/C30H32FN3O3S2/c31-24-17-15-22(16-18-24)28-23(21-34(32-28)25-12-8-7-9-13-25)20-26-29(37)33(30(38)39-26)19-11-6-4-2-1-3-5-10-14-27(35)36/h7-9,12-13,15-18,20-21H,1-6,10-11,14,19H2,(H,35,36). The minimum absolute atomic E-state index is 0.0963. The summed E-state index contributed by atoms with van der Waals surface area (Å²) in [5, 5.41) is 13.4. The predicted octanol–water partition coefficient (Wildman–Crippen LogP) is 7.48. The van der Waals surface area contributed by atoms with Gasteiger partial charge in [-0.05, 0) is 55.3 Å². The third-order valence-corrected chi connectivity index (χ3v) is 7.94. The number of benzene rings is 2. The molecular formula is C30H32FN3O3S2. The van der Waals surface area contributed by atoms with E-state index < -0.39 is 5.97 Å². The van der Waals surface area contributed by atoms with Gasteiger partial charge in [0.05, 0.1) is 16.3 Å². The minimum atomic E-state index is -0.726. The fourth-order valence-electron chi connectivity index (χ4n) is 4.48. The van der Waals surface area contributed by atoms with Crippen LogP contribution in [0.15, 0.2) is 65.7 Å². The number of amides is 1. The number of aliphatic carboxylic acids is 1. The molecule has 1 fully saturated rings. The number of halogens is 1. The van der Waals surface area contributed by atoms with Gasteiger partial charge in [-0.2, -0.15) is 5.10 Å². The van der Waals surface area contributed by atoms with E-state index in [1.165, 1.54) is 23.9 Å². The van der Waals surface area contributed by atoms with Crippen molar-refractivity contribution in [3.05, 3.63) is 77.1 Å². The fourth-order valence-corrected chi connectivity index (χ4v) is 5.78. The van der Waals surface area contributed by atoms with Crippen molar-refractivity contribution >= 4 is 46.3 Å². The molecule has 2 heterocycles. The number of hydrogen-bond donors (Lipinski definition) is 1. The summed E-state index contributed by atoms with van der Waals surface area (Å²) in [6.07, 6.45) is 11.9. The van der Waals surface area contributed by atoms with E-state index >= 15 is 0 Å². The molecule has 1 amide bonds. The van der Waals surface area contributed by atoms with Gasteiger partial charge in [0.2, 0.25) is 0 Å². The van der Waals surface area contributed by atoms with E-state index in [1.807, 2.05) is 42.6 Å². The van der Waals surface area contributed by atoms with E-state index in [1.54, 1.807) is 21.7 Å². The van der Waals surface area contributed by atoms with Gasteiger partial charge in [-0.3, -0.25) is 14.5 Å². The molecule has 0 radical (unpaired) electrons. The number of unbranched alkanes of at least 4 members (excludes halogenated alkanes) is 7. The van der Waals surface area contributed by atoms with Gasteiger partial charge >= 0.3 is 5.97 Å². The van der Waals surface area contributed by atoms with Crippen molar-refractivity contribution in [1.29, 1.82) is 0 Å². The smallest absolute Gasteiger partial charge is 0.303 e. The number of carboxylic acid groups (broad SMARTS) is 1. The van der Waals surface area contributed by atoms with Crippen LogP contribution in [-0.2, 0) is 9.59 Å². The molecule has 0 unspecified atom stereocenters. The molecule has 39 heavy (non-hydrogen) atoms. The number of hydrogen-bond acceptors (Lipinski definition) is 5. The van der Waals surface area contributed by atoms with E-state index in [0.29, 0.717) is 21.5 Å². The molecule has 9 heteroatoms. The van der Waals surface area contributed by atoms with Crippen molar-refractivity contribution in [2.24, 2.45) is 0 Å². The first-order chi connectivity index (χ1) is 18.9. The molecule has 4 rings (SSSR count). The lowest BCUT2D eigenvalue weighted by molar-refractivity contribution is -0.137. The van der Waals surface area contributed by atoms with Gasteiger partial charge < -0.3 is 5.11 Å². The summed E-state index contributed by atoms with van der Waals surface area (Å²) in [6, 6.07) is 15.9. The van der Waals surface area contributed by atoms with Crippen LogP contribution in [-0.4, -0.2) is 42.5 Å². The average molecular weight is 566 g/mol. The van der Waals surface area contributed by atoms with Gasteiger partial charge in [0.1, 0.15) is 10.1 Å². The van der Waals surface area contributed by atoms with E-state index in [4.69, 9.17) is 22.4 Å². The van der Waals surface area contributed by atoms with Crippen molar-refractivity contribution < 1.29 is 19.1 Å². The molecule has 3 aromatic rings. The van der Waals surface area contributed by atoms with Gasteiger partial charge in [0.25, 0.3) is 5.91 Å². The molecule has 1 aromatic heterocycles. The summed E-state index contributed by atoms with van der Waals surface area (Å²) >= 11 is 6.83. The number of carbonyl (C=O) groups excluding carboxylic acids is 1. The molecule has 6 nitrogen and oxygen atoms in total. The Morgan fingerprint density at radius 2 is 1.59 bits per heavy atom. The minimum Gasteiger partial charge on any atom is -0.481 e. The number of carboxylic acids is 1. The largest absolute Gasteiger partial charge is 0.481 e. The first-order valence-corrected chi connectivity index (χ1v) is 14.5. The van der Waals surface area contributed by atoms with Crippen LogP contribution < -0.4 is 0 Å². The molecule has 0 bridgehead atoms. The van der Waals surface area contributed by atoms with Gasteiger partial charge in [0.15, 0.2) is 0 Å². The van der Waals surface area contributed by atoms with E-state index in [-0.39, 0.29) is 18.1 Å². The summed E-state index contributed by atoms with van der Waals surface area (Å²) in [6.45, 7) is 0.592. The summed E-state index contributed by atoms with van der Waals surface area (Å²) in [5.74, 6) is -1.14. The highest BCUT2D eigenvalue weighted by molar-refractivity contribution is 8.26. The maximum Gasteiger partial charge on any atom is 0.303 e. The molecule has 0 spiro atoms. The highest BCUT2D eigenvalue weighted by Gasteiger charge is 2.32. The van der Waals surface area contributed by atoms with Crippen molar-refractivity contribution in [2.45, 2.75) is 57.8 Å². The van der Waals surface area contributed by atoms with Crippen LogP contribution in [0.2, 0.25) is 0 Å². The fraction of sp³-hybridized carbons (Fsp3) is 0.333. The second-order valence-corrected chi connectivity index (χ2v) is 11.2. The van der Waals surface area contributed by atoms with Crippen molar-refractivity contribution in [1.82, 2.24) is 14.7 Å². The third kappa shape index (κ3) is 8.10. The Hall–Kier alpha value is -3.30. The Morgan fingerprint density at radius 1 is 0.949 bits per heavy atom. The van der Waals surface area contributed by atoms with Gasteiger partial charge in [0, 0.05) is 30.3 Å². The van der Waals surface area contributed by atoms with Crippen molar-refractivity contribution in [3.63, 3.8) is 0 Å². The Balaban J connectivity index is 1.37. The zero-order valence-corrected chi connectivity index (χ0v) is 23.4. The van der Waals surface area contributed by atoms with Gasteiger partial charge in [-0.15, -0.1) is 0 Å². The number of thiocarbonyl (C=S) groups is 1. The number of para-hydroxylation sites is 1. The van der Waals surface area contributed by atoms with Crippen LogP contribution in [0, 0.1) is 5.82 Å². The highest BCUT2D eigenvalue weighted by atomic mass is 32.2. The molecule has 1 N–H and O–H groups in total. The van der Waals surface area contributed by atoms with Crippen LogP contribution in [0.4, 0.5) is 4.39 Å². The quantitative estimate of drug-likeness (QED) is 0.124. The van der Waals surface area contributed by atoms with Crippen molar-refractivity contribution in [2.75, 3.05) is 6.54 Å². The summed E-state index contributed by atoms with van der Waals surface area (Å²) in [5.41, 5.74) is 3.06. The number of nitrogens with zero attached hydrogens (tertiary/aromatic N) is 3. The molecule has 204 valence electrons. The molecule has 0 atom stereocenters. The van der Waals surface area contributed by atoms with Crippen LogP contribution in [0.5, 0.6) is 0 Å². The topological polar surface area (TPSA) is 75.4 Å². The molecule has 2 aromatic carbocycles. The van der Waals surface area contributed by atoms with E-state index in [9.17, 15) is 14.0 Å². The van der Waals surface area contributed by atoms with Crippen LogP contribution in [0.1, 0.15) is 63.4 Å². The number of thioether (sulfide) groups is 1. The average Bonchev–Trinajstić information content (AvgIpc) is 3.46. The molecule has 1 aliphatic heterocycles. The SMILES string of the molecule is O=C(O)CCCCCCCCCCN1C(=O)C(=Cc2cn(-c3ccccc3)nc2-c2ccc(F)cc2)SC1=S. The molecular weight excluding hydrogens is 533 g/mol. The molecule has 0 aliphatic carbocycles. The maximum atomic E-state index is 13.6. The Labute approximate surface area is 237 Å². The third-order valence-electron chi connectivity index (χ3n) is 6.56. The van der Waals surface area contributed by atoms with E-state index in [2.05, 4.69) is 0 Å². The second kappa shape index (κ2) is 14.2. The molecule has 1 aliphatic rings. The maximum absolute atomic E-state index is 13.6. The number of rotatable bonds is 14.